The van der Waals surface area contributed by atoms with Crippen LogP contribution in [0.2, 0.25) is 0 Å². The smallest absolute Gasteiger partial charge is 0.347 e. The zero-order chi connectivity index (χ0) is 30.3. The molecule has 5 aliphatic rings. The molecule has 2 unspecified atom stereocenters. The lowest BCUT2D eigenvalue weighted by atomic mass is 9.32. The third-order valence-electron chi connectivity index (χ3n) is 14.6. The van der Waals surface area contributed by atoms with Crippen molar-refractivity contribution in [3.05, 3.63) is 0 Å². The van der Waals surface area contributed by atoms with Crippen molar-refractivity contribution >= 4 is 17.9 Å². The van der Waals surface area contributed by atoms with E-state index in [1.807, 2.05) is 0 Å². The van der Waals surface area contributed by atoms with E-state index < -0.39 is 29.4 Å². The molecule has 41 heavy (non-hydrogen) atoms. The molecule has 0 radical (unpaired) electrons. The Hall–Kier alpha value is -1.59. The minimum atomic E-state index is -0.893. The molecule has 5 saturated carbocycles. The maximum absolute atomic E-state index is 12.9. The number of hydrogen-bond donors (Lipinski definition) is 1. The molecule has 5 aliphatic carbocycles. The van der Waals surface area contributed by atoms with Gasteiger partial charge in [0.15, 0.2) is 6.10 Å². The fourth-order valence-corrected chi connectivity index (χ4v) is 12.5. The highest BCUT2D eigenvalue weighted by molar-refractivity contribution is 5.78. The second kappa shape index (κ2) is 9.97. The highest BCUT2D eigenvalue weighted by Gasteiger charge is 2.72. The number of esters is 2. The van der Waals surface area contributed by atoms with E-state index in [1.165, 1.54) is 13.3 Å². The SMILES string of the molecule is CC(=O)OC(C)C(=O)O[C@H]1CC[C@]2(C)[C@H]3CC[C@@H]4[C@H]5[C@H](C(C)C)CCC5(C(=O)O)CC[C@@]4(C)[C@]3(C)CC[C@H]2C1(C)C. The van der Waals surface area contributed by atoms with Crippen molar-refractivity contribution in [1.82, 2.24) is 0 Å². The van der Waals surface area contributed by atoms with E-state index in [-0.39, 0.29) is 33.7 Å². The third kappa shape index (κ3) is 4.25. The van der Waals surface area contributed by atoms with Gasteiger partial charge < -0.3 is 14.6 Å². The van der Waals surface area contributed by atoms with E-state index >= 15 is 0 Å². The highest BCUT2D eigenvalue weighted by Crippen LogP contribution is 2.77. The number of fused-ring (bicyclic) bond motifs is 7. The molecule has 0 aromatic heterocycles. The van der Waals surface area contributed by atoms with Gasteiger partial charge in [-0.25, -0.2) is 4.79 Å². The molecule has 5 rings (SSSR count). The Labute approximate surface area is 248 Å². The van der Waals surface area contributed by atoms with Gasteiger partial charge in [0.05, 0.1) is 5.41 Å². The molecule has 5 fully saturated rings. The molecule has 6 heteroatoms. The molecule has 0 saturated heterocycles. The fourth-order valence-electron chi connectivity index (χ4n) is 12.5. The van der Waals surface area contributed by atoms with E-state index in [4.69, 9.17) is 9.47 Å². The monoisotopic (exact) mass is 572 g/mol. The topological polar surface area (TPSA) is 89.9 Å². The molecule has 0 aromatic rings. The van der Waals surface area contributed by atoms with Gasteiger partial charge in [-0.1, -0.05) is 48.5 Å². The average Bonchev–Trinajstić information content (AvgIpc) is 3.27. The van der Waals surface area contributed by atoms with Crippen LogP contribution < -0.4 is 0 Å². The van der Waals surface area contributed by atoms with Gasteiger partial charge in [-0.15, -0.1) is 0 Å². The van der Waals surface area contributed by atoms with Crippen LogP contribution in [-0.2, 0) is 23.9 Å². The number of aliphatic carboxylic acids is 1. The molecular formula is C35H56O6. The van der Waals surface area contributed by atoms with Crippen LogP contribution in [0, 0.1) is 62.6 Å². The number of hydrogen-bond acceptors (Lipinski definition) is 5. The van der Waals surface area contributed by atoms with Crippen LogP contribution in [-0.4, -0.2) is 35.2 Å². The zero-order valence-electron chi connectivity index (χ0n) is 27.2. The summed E-state index contributed by atoms with van der Waals surface area (Å²) in [7, 11) is 0. The maximum atomic E-state index is 12.9. The van der Waals surface area contributed by atoms with E-state index in [1.54, 1.807) is 6.92 Å². The minimum Gasteiger partial charge on any atom is -0.481 e. The lowest BCUT2D eigenvalue weighted by Crippen LogP contribution is -2.67. The van der Waals surface area contributed by atoms with Gasteiger partial charge in [-0.3, -0.25) is 9.59 Å². The molecule has 6 nitrogen and oxygen atoms in total. The highest BCUT2D eigenvalue weighted by atomic mass is 16.6. The molecule has 0 aliphatic heterocycles. The Morgan fingerprint density at radius 1 is 0.780 bits per heavy atom. The van der Waals surface area contributed by atoms with Gasteiger partial charge in [-0.05, 0) is 123 Å². The summed E-state index contributed by atoms with van der Waals surface area (Å²) in [5.41, 5.74) is -0.270. The Kier molecular flexibility index (Phi) is 7.51. The van der Waals surface area contributed by atoms with Crippen LogP contribution in [0.5, 0.6) is 0 Å². The number of carbonyl (C=O) groups excluding carboxylic acids is 2. The first-order valence-corrected chi connectivity index (χ1v) is 16.6. The van der Waals surface area contributed by atoms with E-state index in [0.717, 1.165) is 57.8 Å². The molecule has 0 bridgehead atoms. The van der Waals surface area contributed by atoms with Gasteiger partial charge in [0.1, 0.15) is 6.10 Å². The number of carboxylic acids is 1. The van der Waals surface area contributed by atoms with Crippen molar-refractivity contribution in [2.75, 3.05) is 0 Å². The van der Waals surface area contributed by atoms with Crippen LogP contribution in [0.4, 0.5) is 0 Å². The van der Waals surface area contributed by atoms with Gasteiger partial charge in [0.2, 0.25) is 0 Å². The lowest BCUT2D eigenvalue weighted by molar-refractivity contribution is -0.252. The summed E-state index contributed by atoms with van der Waals surface area (Å²) >= 11 is 0. The summed E-state index contributed by atoms with van der Waals surface area (Å²) < 4.78 is 11.2. The summed E-state index contributed by atoms with van der Waals surface area (Å²) in [6.07, 6.45) is 9.10. The first-order chi connectivity index (χ1) is 19.0. The van der Waals surface area contributed by atoms with Gasteiger partial charge in [0.25, 0.3) is 0 Å². The standard InChI is InChI=1S/C35H56O6/c1-20(2)23-12-17-35(30(38)39)19-18-33(8)24(28(23)35)10-11-26-32(7)15-14-27(41-29(37)21(3)40-22(4)36)31(5,6)25(32)13-16-34(26,33)9/h20-21,23-28H,10-19H2,1-9H3,(H,38,39)/t21?,23-,24+,25-,26+,27-,28+,32-,33+,34+,35?/m0/s1. The minimum absolute atomic E-state index is 0.137. The predicted octanol–water partition coefficient (Wildman–Crippen LogP) is 7.67. The Bertz CT molecular complexity index is 1080. The lowest BCUT2D eigenvalue weighted by Gasteiger charge is -2.72. The van der Waals surface area contributed by atoms with E-state index in [9.17, 15) is 19.5 Å². The van der Waals surface area contributed by atoms with E-state index in [0.29, 0.717) is 29.6 Å². The van der Waals surface area contributed by atoms with Crippen molar-refractivity contribution in [2.24, 2.45) is 62.6 Å². The molecule has 0 heterocycles. The van der Waals surface area contributed by atoms with Crippen LogP contribution in [0.3, 0.4) is 0 Å². The second-order valence-electron chi connectivity index (χ2n) is 16.6. The van der Waals surface area contributed by atoms with Gasteiger partial charge in [-0.2, -0.15) is 0 Å². The largest absolute Gasteiger partial charge is 0.481 e. The van der Waals surface area contributed by atoms with Gasteiger partial charge >= 0.3 is 17.9 Å². The first kappa shape index (κ1) is 30.9. The van der Waals surface area contributed by atoms with Gasteiger partial charge in [0, 0.05) is 12.3 Å². The Balaban J connectivity index is 1.43. The van der Waals surface area contributed by atoms with Crippen molar-refractivity contribution in [1.29, 1.82) is 0 Å². The number of ether oxygens (including phenoxy) is 2. The Morgan fingerprint density at radius 2 is 1.46 bits per heavy atom. The van der Waals surface area contributed by atoms with Crippen molar-refractivity contribution < 1.29 is 29.0 Å². The summed E-state index contributed by atoms with van der Waals surface area (Å²) in [5.74, 6) is 1.32. The van der Waals surface area contributed by atoms with Crippen LogP contribution in [0.15, 0.2) is 0 Å². The third-order valence-corrected chi connectivity index (χ3v) is 14.6. The number of rotatable bonds is 5. The van der Waals surface area contributed by atoms with E-state index in [2.05, 4.69) is 48.5 Å². The van der Waals surface area contributed by atoms with Crippen LogP contribution >= 0.6 is 0 Å². The molecule has 232 valence electrons. The number of carboxylic acid groups (broad SMARTS) is 1. The number of carbonyl (C=O) groups is 3. The van der Waals surface area contributed by atoms with Crippen molar-refractivity contribution in [2.45, 2.75) is 139 Å². The first-order valence-electron chi connectivity index (χ1n) is 16.6. The summed E-state index contributed by atoms with van der Waals surface area (Å²) in [6.45, 7) is 19.8. The van der Waals surface area contributed by atoms with Crippen LogP contribution in [0.1, 0.15) is 127 Å². The molecule has 0 aromatic carbocycles. The predicted molar refractivity (Wildman–Crippen MR) is 158 cm³/mol. The fraction of sp³-hybridized carbons (Fsp3) is 0.914. The maximum Gasteiger partial charge on any atom is 0.347 e. The summed E-state index contributed by atoms with van der Waals surface area (Å²) in [4.78, 5) is 37.2. The summed E-state index contributed by atoms with van der Waals surface area (Å²) in [6, 6.07) is 0. The normalized spacial score (nSPS) is 47.3. The van der Waals surface area contributed by atoms with Crippen LogP contribution in [0.25, 0.3) is 0 Å². The Morgan fingerprint density at radius 3 is 2.07 bits per heavy atom. The molecule has 0 amide bonds. The zero-order valence-corrected chi connectivity index (χ0v) is 27.2. The average molecular weight is 573 g/mol. The molecule has 11 atom stereocenters. The molecular weight excluding hydrogens is 516 g/mol. The van der Waals surface area contributed by atoms with Crippen molar-refractivity contribution in [3.8, 4) is 0 Å². The molecule has 0 spiro atoms. The second-order valence-corrected chi connectivity index (χ2v) is 16.6. The summed E-state index contributed by atoms with van der Waals surface area (Å²) in [5, 5.41) is 10.6. The molecule has 1 N–H and O–H groups in total. The quantitative estimate of drug-likeness (QED) is 0.340. The van der Waals surface area contributed by atoms with Crippen molar-refractivity contribution in [3.63, 3.8) is 0 Å².